The number of amides is 1. The van der Waals surface area contributed by atoms with E-state index in [4.69, 9.17) is 0 Å². The van der Waals surface area contributed by atoms with Crippen molar-refractivity contribution in [1.29, 1.82) is 0 Å². The van der Waals surface area contributed by atoms with Gasteiger partial charge in [-0.25, -0.2) is 0 Å². The van der Waals surface area contributed by atoms with Crippen LogP contribution in [0.15, 0.2) is 54.6 Å². The third kappa shape index (κ3) is 3.91. The van der Waals surface area contributed by atoms with E-state index in [1.807, 2.05) is 17.0 Å². The van der Waals surface area contributed by atoms with Crippen molar-refractivity contribution in [3.8, 4) is 0 Å². The topological polar surface area (TPSA) is 26.8 Å². The number of para-hydroxylation sites is 1. The van der Waals surface area contributed by atoms with Crippen LogP contribution >= 0.6 is 0 Å². The lowest BCUT2D eigenvalue weighted by Crippen LogP contribution is -2.45. The molecule has 136 valence electrons. The van der Waals surface area contributed by atoms with Gasteiger partial charge < -0.3 is 9.80 Å². The molecule has 0 bridgehead atoms. The number of hydrogen-bond donors (Lipinski definition) is 0. The van der Waals surface area contributed by atoms with E-state index < -0.39 is 0 Å². The summed E-state index contributed by atoms with van der Waals surface area (Å²) in [4.78, 5) is 19.5. The Balaban J connectivity index is 1.35. The minimum Gasteiger partial charge on any atom is -0.369 e. The summed E-state index contributed by atoms with van der Waals surface area (Å²) in [5, 5.41) is 0. The van der Waals surface area contributed by atoms with Gasteiger partial charge in [-0.2, -0.15) is 0 Å². The predicted molar refractivity (Wildman–Crippen MR) is 106 cm³/mol. The lowest BCUT2D eigenvalue weighted by Gasteiger charge is -2.36. The average molecular weight is 349 g/mol. The van der Waals surface area contributed by atoms with Crippen molar-refractivity contribution in [2.24, 2.45) is 0 Å². The molecule has 0 saturated carbocycles. The summed E-state index contributed by atoms with van der Waals surface area (Å²) in [5.41, 5.74) is 3.39. The summed E-state index contributed by atoms with van der Waals surface area (Å²) in [6.07, 6.45) is 2.27. The normalized spacial score (nSPS) is 18.3. The molecule has 2 fully saturated rings. The fourth-order valence-corrected chi connectivity index (χ4v) is 3.97. The van der Waals surface area contributed by atoms with E-state index in [2.05, 4.69) is 52.3 Å². The molecule has 0 aliphatic carbocycles. The van der Waals surface area contributed by atoms with Crippen LogP contribution in [0.25, 0.3) is 0 Å². The van der Waals surface area contributed by atoms with Gasteiger partial charge in [0.25, 0.3) is 5.91 Å². The summed E-state index contributed by atoms with van der Waals surface area (Å²) < 4.78 is 0. The van der Waals surface area contributed by atoms with Crippen LogP contribution in [0.3, 0.4) is 0 Å². The third-order valence-corrected chi connectivity index (χ3v) is 5.47. The van der Waals surface area contributed by atoms with Crippen LogP contribution in [0.4, 0.5) is 5.69 Å². The molecule has 26 heavy (non-hydrogen) atoms. The van der Waals surface area contributed by atoms with E-state index in [0.29, 0.717) is 0 Å². The molecule has 2 aliphatic heterocycles. The van der Waals surface area contributed by atoms with Gasteiger partial charge in [0.05, 0.1) is 0 Å². The predicted octanol–water partition coefficient (Wildman–Crippen LogP) is 3.24. The molecule has 0 N–H and O–H groups in total. The molecule has 1 amide bonds. The Morgan fingerprint density at radius 1 is 0.808 bits per heavy atom. The highest BCUT2D eigenvalue weighted by Gasteiger charge is 2.20. The molecule has 0 spiro atoms. The molecule has 0 radical (unpaired) electrons. The standard InChI is InChI=1S/C22H27N3O/c26-22(25-11-4-5-12-25)20-8-6-7-19(17-20)18-23-13-15-24(16-14-23)21-9-2-1-3-10-21/h1-3,6-10,17H,4-5,11-16,18H2. The first-order valence-corrected chi connectivity index (χ1v) is 9.70. The highest BCUT2D eigenvalue weighted by Crippen LogP contribution is 2.18. The maximum absolute atomic E-state index is 12.6. The van der Waals surface area contributed by atoms with Crippen LogP contribution in [0, 0.1) is 0 Å². The molecule has 4 nitrogen and oxygen atoms in total. The summed E-state index contributed by atoms with van der Waals surface area (Å²) in [6, 6.07) is 18.8. The first kappa shape index (κ1) is 17.1. The zero-order chi connectivity index (χ0) is 17.8. The SMILES string of the molecule is O=C(c1cccc(CN2CCN(c3ccccc3)CC2)c1)N1CCCC1. The van der Waals surface area contributed by atoms with Crippen molar-refractivity contribution in [2.45, 2.75) is 19.4 Å². The van der Waals surface area contributed by atoms with Gasteiger partial charge in [0.15, 0.2) is 0 Å². The summed E-state index contributed by atoms with van der Waals surface area (Å²) in [7, 11) is 0. The van der Waals surface area contributed by atoms with Crippen molar-refractivity contribution in [3.63, 3.8) is 0 Å². The molecule has 2 saturated heterocycles. The Hall–Kier alpha value is -2.33. The lowest BCUT2D eigenvalue weighted by atomic mass is 10.1. The highest BCUT2D eigenvalue weighted by molar-refractivity contribution is 5.94. The molecule has 2 aromatic carbocycles. The van der Waals surface area contributed by atoms with Crippen LogP contribution in [0.1, 0.15) is 28.8 Å². The lowest BCUT2D eigenvalue weighted by molar-refractivity contribution is 0.0792. The molecule has 2 aliphatic rings. The first-order chi connectivity index (χ1) is 12.8. The van der Waals surface area contributed by atoms with Gasteiger partial charge in [0, 0.05) is 57.1 Å². The smallest absolute Gasteiger partial charge is 0.253 e. The fraction of sp³-hybridized carbons (Fsp3) is 0.409. The van der Waals surface area contributed by atoms with Gasteiger partial charge in [-0.05, 0) is 42.7 Å². The Labute approximate surface area is 156 Å². The second-order valence-corrected chi connectivity index (χ2v) is 7.30. The number of nitrogens with zero attached hydrogens (tertiary/aromatic N) is 3. The molecule has 0 aromatic heterocycles. The second kappa shape index (κ2) is 7.92. The number of carbonyl (C=O) groups is 1. The number of anilines is 1. The third-order valence-electron chi connectivity index (χ3n) is 5.47. The first-order valence-electron chi connectivity index (χ1n) is 9.70. The molecule has 4 rings (SSSR count). The Kier molecular flexibility index (Phi) is 5.21. The van der Waals surface area contributed by atoms with Crippen LogP contribution in [0.2, 0.25) is 0 Å². The molecule has 2 heterocycles. The van der Waals surface area contributed by atoms with Gasteiger partial charge in [-0.15, -0.1) is 0 Å². The highest BCUT2D eigenvalue weighted by atomic mass is 16.2. The number of likely N-dealkylation sites (tertiary alicyclic amines) is 1. The van der Waals surface area contributed by atoms with E-state index >= 15 is 0 Å². The molecule has 0 unspecified atom stereocenters. The Morgan fingerprint density at radius 3 is 2.27 bits per heavy atom. The molecule has 0 atom stereocenters. The minimum absolute atomic E-state index is 0.193. The number of benzene rings is 2. The fourth-order valence-electron chi connectivity index (χ4n) is 3.97. The van der Waals surface area contributed by atoms with Crippen LogP contribution < -0.4 is 4.90 Å². The van der Waals surface area contributed by atoms with Crippen molar-refractivity contribution >= 4 is 11.6 Å². The molecule has 4 heteroatoms. The van der Waals surface area contributed by atoms with Gasteiger partial charge >= 0.3 is 0 Å². The van der Waals surface area contributed by atoms with Gasteiger partial charge in [-0.1, -0.05) is 30.3 Å². The molecular weight excluding hydrogens is 322 g/mol. The molecular formula is C22H27N3O. The van der Waals surface area contributed by atoms with Crippen molar-refractivity contribution in [3.05, 3.63) is 65.7 Å². The monoisotopic (exact) mass is 349 g/mol. The van der Waals surface area contributed by atoms with Crippen LogP contribution in [-0.2, 0) is 6.54 Å². The summed E-state index contributed by atoms with van der Waals surface area (Å²) in [5.74, 6) is 0.193. The van der Waals surface area contributed by atoms with E-state index in [9.17, 15) is 4.79 Å². The van der Waals surface area contributed by atoms with E-state index in [1.165, 1.54) is 11.3 Å². The largest absolute Gasteiger partial charge is 0.369 e. The van der Waals surface area contributed by atoms with Crippen LogP contribution in [0.5, 0.6) is 0 Å². The quantitative estimate of drug-likeness (QED) is 0.848. The van der Waals surface area contributed by atoms with Gasteiger partial charge in [0.2, 0.25) is 0 Å². The number of piperazine rings is 1. The zero-order valence-electron chi connectivity index (χ0n) is 15.3. The van der Waals surface area contributed by atoms with Gasteiger partial charge in [0.1, 0.15) is 0 Å². The maximum Gasteiger partial charge on any atom is 0.253 e. The zero-order valence-corrected chi connectivity index (χ0v) is 15.3. The maximum atomic E-state index is 12.6. The van der Waals surface area contributed by atoms with Crippen molar-refractivity contribution in [2.75, 3.05) is 44.2 Å². The van der Waals surface area contributed by atoms with E-state index in [1.54, 1.807) is 0 Å². The summed E-state index contributed by atoms with van der Waals surface area (Å²) in [6.45, 7) is 6.95. The number of hydrogen-bond acceptors (Lipinski definition) is 3. The Morgan fingerprint density at radius 2 is 1.54 bits per heavy atom. The number of carbonyl (C=O) groups excluding carboxylic acids is 1. The second-order valence-electron chi connectivity index (χ2n) is 7.30. The number of rotatable bonds is 4. The Bertz CT molecular complexity index is 732. The van der Waals surface area contributed by atoms with Crippen LogP contribution in [-0.4, -0.2) is 55.0 Å². The minimum atomic E-state index is 0.193. The van der Waals surface area contributed by atoms with E-state index in [0.717, 1.165) is 64.2 Å². The van der Waals surface area contributed by atoms with E-state index in [-0.39, 0.29) is 5.91 Å². The average Bonchev–Trinajstić information content (AvgIpc) is 3.24. The summed E-state index contributed by atoms with van der Waals surface area (Å²) >= 11 is 0. The van der Waals surface area contributed by atoms with Gasteiger partial charge in [-0.3, -0.25) is 9.69 Å². The van der Waals surface area contributed by atoms with Crippen molar-refractivity contribution in [1.82, 2.24) is 9.80 Å². The van der Waals surface area contributed by atoms with Crippen molar-refractivity contribution < 1.29 is 4.79 Å². The molecule has 2 aromatic rings.